The van der Waals surface area contributed by atoms with E-state index in [9.17, 15) is 4.79 Å². The SMILES string of the molecule is CCn1cc(Cl)c(CC(=O)C2(C)CCC3=C(C2)C(c2ccncc2)=NC3)n1. The van der Waals surface area contributed by atoms with Gasteiger partial charge in [-0.15, -0.1) is 0 Å². The monoisotopic (exact) mass is 382 g/mol. The molecule has 0 saturated heterocycles. The van der Waals surface area contributed by atoms with E-state index in [1.54, 1.807) is 23.3 Å². The van der Waals surface area contributed by atoms with Crippen LogP contribution in [-0.2, 0) is 17.8 Å². The van der Waals surface area contributed by atoms with Crippen LogP contribution in [0.25, 0.3) is 0 Å². The van der Waals surface area contributed by atoms with Gasteiger partial charge in [-0.2, -0.15) is 5.10 Å². The summed E-state index contributed by atoms with van der Waals surface area (Å²) in [5.41, 5.74) is 5.00. The van der Waals surface area contributed by atoms with Crippen molar-refractivity contribution < 1.29 is 4.79 Å². The molecule has 5 nitrogen and oxygen atoms in total. The molecule has 1 aliphatic heterocycles. The molecule has 6 heteroatoms. The van der Waals surface area contributed by atoms with Gasteiger partial charge < -0.3 is 0 Å². The Morgan fingerprint density at radius 1 is 1.33 bits per heavy atom. The molecule has 2 aromatic rings. The molecule has 140 valence electrons. The van der Waals surface area contributed by atoms with E-state index < -0.39 is 5.41 Å². The van der Waals surface area contributed by atoms with Crippen molar-refractivity contribution in [2.75, 3.05) is 6.54 Å². The number of nitrogens with zero attached hydrogens (tertiary/aromatic N) is 4. The van der Waals surface area contributed by atoms with Crippen LogP contribution in [0, 0.1) is 5.41 Å². The highest BCUT2D eigenvalue weighted by Gasteiger charge is 2.40. The summed E-state index contributed by atoms with van der Waals surface area (Å²) in [5, 5.41) is 5.02. The first kappa shape index (κ1) is 18.1. The van der Waals surface area contributed by atoms with Crippen LogP contribution >= 0.6 is 11.6 Å². The van der Waals surface area contributed by atoms with Crippen LogP contribution in [-0.4, -0.2) is 32.8 Å². The Hall–Kier alpha value is -2.27. The second-order valence-electron chi connectivity index (χ2n) is 7.60. The Morgan fingerprint density at radius 3 is 2.81 bits per heavy atom. The molecule has 1 aliphatic carbocycles. The van der Waals surface area contributed by atoms with Crippen LogP contribution in [0.4, 0.5) is 0 Å². The molecule has 0 aromatic carbocycles. The maximum atomic E-state index is 13.2. The lowest BCUT2D eigenvalue weighted by atomic mass is 9.68. The molecule has 27 heavy (non-hydrogen) atoms. The van der Waals surface area contributed by atoms with Gasteiger partial charge in [-0.25, -0.2) is 0 Å². The molecule has 3 heterocycles. The summed E-state index contributed by atoms with van der Waals surface area (Å²) >= 11 is 6.27. The quantitative estimate of drug-likeness (QED) is 0.783. The average Bonchev–Trinajstić information content (AvgIpc) is 3.25. The molecule has 0 amide bonds. The third kappa shape index (κ3) is 3.36. The Bertz CT molecular complexity index is 944. The van der Waals surface area contributed by atoms with Gasteiger partial charge in [0.2, 0.25) is 0 Å². The number of aryl methyl sites for hydroxylation is 1. The molecule has 0 N–H and O–H groups in total. The zero-order chi connectivity index (χ0) is 19.0. The molecular formula is C21H23ClN4O. The zero-order valence-corrected chi connectivity index (χ0v) is 16.5. The number of hydrogen-bond donors (Lipinski definition) is 0. The molecule has 0 spiro atoms. The molecule has 1 atom stereocenters. The van der Waals surface area contributed by atoms with Gasteiger partial charge in [0, 0.05) is 36.1 Å². The van der Waals surface area contributed by atoms with Crippen molar-refractivity contribution in [3.05, 3.63) is 58.1 Å². The van der Waals surface area contributed by atoms with Crippen LogP contribution in [0.15, 0.2) is 46.9 Å². The molecule has 1 unspecified atom stereocenters. The van der Waals surface area contributed by atoms with Crippen molar-refractivity contribution in [1.82, 2.24) is 14.8 Å². The Balaban J connectivity index is 1.55. The predicted molar refractivity (Wildman–Crippen MR) is 106 cm³/mol. The summed E-state index contributed by atoms with van der Waals surface area (Å²) in [4.78, 5) is 22.0. The van der Waals surface area contributed by atoms with Crippen LogP contribution in [0.1, 0.15) is 44.4 Å². The predicted octanol–water partition coefficient (Wildman–Crippen LogP) is 4.05. The van der Waals surface area contributed by atoms with Crippen LogP contribution in [0.5, 0.6) is 0 Å². The highest BCUT2D eigenvalue weighted by molar-refractivity contribution is 6.31. The summed E-state index contributed by atoms with van der Waals surface area (Å²) < 4.78 is 1.78. The molecule has 2 aromatic heterocycles. The van der Waals surface area contributed by atoms with E-state index in [1.165, 1.54) is 11.1 Å². The first-order chi connectivity index (χ1) is 13.0. The number of halogens is 1. The maximum Gasteiger partial charge on any atom is 0.145 e. The number of allylic oxidation sites excluding steroid dienone is 1. The number of pyridine rings is 1. The van der Waals surface area contributed by atoms with Crippen molar-refractivity contribution in [3.8, 4) is 0 Å². The van der Waals surface area contributed by atoms with Crippen LogP contribution in [0.3, 0.4) is 0 Å². The summed E-state index contributed by atoms with van der Waals surface area (Å²) in [7, 11) is 0. The minimum Gasteiger partial charge on any atom is -0.299 e. The third-order valence-electron chi connectivity index (χ3n) is 5.75. The van der Waals surface area contributed by atoms with Gasteiger partial charge in [-0.3, -0.25) is 19.5 Å². The van der Waals surface area contributed by atoms with Gasteiger partial charge in [0.1, 0.15) is 5.78 Å². The smallest absolute Gasteiger partial charge is 0.145 e. The fraction of sp³-hybridized carbons (Fsp3) is 0.429. The summed E-state index contributed by atoms with van der Waals surface area (Å²) in [6.07, 6.45) is 8.16. The molecule has 0 saturated carbocycles. The van der Waals surface area contributed by atoms with E-state index in [0.29, 0.717) is 10.7 Å². The van der Waals surface area contributed by atoms with Gasteiger partial charge in [-0.05, 0) is 49.5 Å². The Labute approximate surface area is 164 Å². The van der Waals surface area contributed by atoms with Crippen molar-refractivity contribution in [2.45, 2.75) is 46.1 Å². The molecule has 0 fully saturated rings. The zero-order valence-electron chi connectivity index (χ0n) is 15.7. The lowest BCUT2D eigenvalue weighted by Gasteiger charge is -2.33. The maximum absolute atomic E-state index is 13.2. The van der Waals surface area contributed by atoms with Crippen LogP contribution in [0.2, 0.25) is 5.02 Å². The van der Waals surface area contributed by atoms with Gasteiger partial charge in [0.25, 0.3) is 0 Å². The Morgan fingerprint density at radius 2 is 2.11 bits per heavy atom. The van der Waals surface area contributed by atoms with Gasteiger partial charge in [0.05, 0.1) is 29.4 Å². The number of rotatable bonds is 5. The first-order valence-electron chi connectivity index (χ1n) is 9.41. The second kappa shape index (κ2) is 7.04. The topological polar surface area (TPSA) is 60.1 Å². The average molecular weight is 383 g/mol. The molecule has 4 rings (SSSR count). The van der Waals surface area contributed by atoms with Crippen molar-refractivity contribution in [1.29, 1.82) is 0 Å². The number of hydrogen-bond acceptors (Lipinski definition) is 4. The molecule has 2 aliphatic rings. The van der Waals surface area contributed by atoms with E-state index >= 15 is 0 Å². The van der Waals surface area contributed by atoms with Crippen molar-refractivity contribution >= 4 is 23.1 Å². The van der Waals surface area contributed by atoms with Gasteiger partial charge >= 0.3 is 0 Å². The van der Waals surface area contributed by atoms with E-state index in [1.807, 2.05) is 19.1 Å². The normalized spacial score (nSPS) is 22.0. The number of aliphatic imine (C=N–C) groups is 1. The fourth-order valence-electron chi connectivity index (χ4n) is 3.97. The summed E-state index contributed by atoms with van der Waals surface area (Å²) in [6.45, 7) is 5.58. The highest BCUT2D eigenvalue weighted by Crippen LogP contribution is 2.44. The van der Waals surface area contributed by atoms with Gasteiger partial charge in [0.15, 0.2) is 0 Å². The first-order valence-corrected chi connectivity index (χ1v) is 9.79. The third-order valence-corrected chi connectivity index (χ3v) is 6.07. The molecule has 0 bridgehead atoms. The largest absolute Gasteiger partial charge is 0.299 e. The molecular weight excluding hydrogens is 360 g/mol. The van der Waals surface area contributed by atoms with E-state index in [-0.39, 0.29) is 12.2 Å². The molecule has 0 radical (unpaired) electrons. The minimum atomic E-state index is -0.406. The lowest BCUT2D eigenvalue weighted by molar-refractivity contribution is -0.127. The van der Waals surface area contributed by atoms with Crippen molar-refractivity contribution in [2.24, 2.45) is 10.4 Å². The standard InChI is InChI=1S/C21H23ClN4O/c1-3-26-13-17(22)18(25-26)10-19(27)21(2)7-4-15-12-24-20(16(15)11-21)14-5-8-23-9-6-14/h5-6,8-9,13H,3-4,7,10-12H2,1-2H3. The summed E-state index contributed by atoms with van der Waals surface area (Å²) in [5.74, 6) is 0.207. The number of carbonyl (C=O) groups is 1. The lowest BCUT2D eigenvalue weighted by Crippen LogP contribution is -2.33. The van der Waals surface area contributed by atoms with E-state index in [2.05, 4.69) is 17.0 Å². The van der Waals surface area contributed by atoms with Crippen LogP contribution < -0.4 is 0 Å². The highest BCUT2D eigenvalue weighted by atomic mass is 35.5. The fourth-order valence-corrected chi connectivity index (χ4v) is 4.19. The number of ketones is 1. The van der Waals surface area contributed by atoms with Crippen molar-refractivity contribution in [3.63, 3.8) is 0 Å². The second-order valence-corrected chi connectivity index (χ2v) is 8.01. The summed E-state index contributed by atoms with van der Waals surface area (Å²) in [6, 6.07) is 3.97. The number of aromatic nitrogens is 3. The van der Waals surface area contributed by atoms with E-state index in [0.717, 1.165) is 43.6 Å². The van der Waals surface area contributed by atoms with E-state index in [4.69, 9.17) is 16.6 Å². The number of carbonyl (C=O) groups excluding carboxylic acids is 1. The minimum absolute atomic E-state index is 0.207. The number of Topliss-reactive ketones (excluding diaryl/α,β-unsaturated/α-hetero) is 1. The Kier molecular flexibility index (Phi) is 4.72. The van der Waals surface area contributed by atoms with Gasteiger partial charge in [-0.1, -0.05) is 18.5 Å².